The van der Waals surface area contributed by atoms with Crippen LogP contribution in [0, 0.1) is 6.92 Å². The lowest BCUT2D eigenvalue weighted by Crippen LogP contribution is -2.49. The summed E-state index contributed by atoms with van der Waals surface area (Å²) in [5, 5.41) is 3.92. The minimum atomic E-state index is -0.544. The monoisotopic (exact) mass is 330 g/mol. The third-order valence-electron chi connectivity index (χ3n) is 4.18. The van der Waals surface area contributed by atoms with E-state index >= 15 is 0 Å². The number of benzene rings is 1. The van der Waals surface area contributed by atoms with Crippen molar-refractivity contribution in [2.45, 2.75) is 19.6 Å². The Labute approximate surface area is 141 Å². The van der Waals surface area contributed by atoms with Crippen molar-refractivity contribution in [3.8, 4) is 0 Å². The van der Waals surface area contributed by atoms with Crippen molar-refractivity contribution in [3.05, 3.63) is 47.6 Å². The molecule has 0 aliphatic carbocycles. The van der Waals surface area contributed by atoms with E-state index in [0.717, 1.165) is 18.7 Å². The van der Waals surface area contributed by atoms with Crippen LogP contribution in [0.25, 0.3) is 0 Å². The van der Waals surface area contributed by atoms with Crippen LogP contribution in [0.1, 0.15) is 23.4 Å². The number of aromatic nitrogens is 2. The zero-order valence-electron chi connectivity index (χ0n) is 14.0. The second-order valence-corrected chi connectivity index (χ2v) is 5.86. The summed E-state index contributed by atoms with van der Waals surface area (Å²) in [7, 11) is 1.57. The summed E-state index contributed by atoms with van der Waals surface area (Å²) < 4.78 is 10.4. The molecular formula is C17H22N4O3. The van der Waals surface area contributed by atoms with E-state index in [2.05, 4.69) is 15.0 Å². The molecule has 1 atom stereocenters. The first-order valence-electron chi connectivity index (χ1n) is 8.05. The van der Waals surface area contributed by atoms with Crippen LogP contribution in [0.2, 0.25) is 0 Å². The third kappa shape index (κ3) is 3.80. The van der Waals surface area contributed by atoms with Gasteiger partial charge in [0.05, 0.1) is 6.54 Å². The van der Waals surface area contributed by atoms with Crippen molar-refractivity contribution in [1.29, 1.82) is 0 Å². The Morgan fingerprint density at radius 3 is 2.54 bits per heavy atom. The SMILES string of the molecule is CO[C@H](C(=O)N1CCN(Cc2noc(C)n2)CC1)c1ccccc1. The van der Waals surface area contributed by atoms with Gasteiger partial charge in [-0.05, 0) is 5.56 Å². The minimum Gasteiger partial charge on any atom is -0.367 e. The Kier molecular flexibility index (Phi) is 5.22. The molecule has 0 radical (unpaired) electrons. The molecule has 1 fully saturated rings. The van der Waals surface area contributed by atoms with Crippen LogP contribution in [0.15, 0.2) is 34.9 Å². The van der Waals surface area contributed by atoms with E-state index in [1.165, 1.54) is 0 Å². The van der Waals surface area contributed by atoms with Gasteiger partial charge < -0.3 is 14.2 Å². The van der Waals surface area contributed by atoms with Gasteiger partial charge in [-0.2, -0.15) is 4.98 Å². The van der Waals surface area contributed by atoms with Crippen LogP contribution >= 0.6 is 0 Å². The van der Waals surface area contributed by atoms with E-state index in [1.807, 2.05) is 35.2 Å². The van der Waals surface area contributed by atoms with Crippen LogP contribution in [-0.4, -0.2) is 59.1 Å². The van der Waals surface area contributed by atoms with E-state index in [1.54, 1.807) is 14.0 Å². The molecule has 24 heavy (non-hydrogen) atoms. The first kappa shape index (κ1) is 16.6. The smallest absolute Gasteiger partial charge is 0.256 e. The topological polar surface area (TPSA) is 71.7 Å². The fourth-order valence-corrected chi connectivity index (χ4v) is 2.91. The molecule has 0 saturated carbocycles. The van der Waals surface area contributed by atoms with E-state index in [4.69, 9.17) is 9.26 Å². The molecule has 2 heterocycles. The molecule has 1 aromatic heterocycles. The molecule has 1 aliphatic heterocycles. The lowest BCUT2D eigenvalue weighted by atomic mass is 10.1. The fraction of sp³-hybridized carbons (Fsp3) is 0.471. The normalized spacial score (nSPS) is 17.0. The molecular weight excluding hydrogens is 308 g/mol. The van der Waals surface area contributed by atoms with Gasteiger partial charge in [0, 0.05) is 40.2 Å². The summed E-state index contributed by atoms with van der Waals surface area (Å²) in [5.41, 5.74) is 0.884. The number of piperazine rings is 1. The molecule has 7 nitrogen and oxygen atoms in total. The summed E-state index contributed by atoms with van der Waals surface area (Å²) >= 11 is 0. The zero-order valence-corrected chi connectivity index (χ0v) is 14.0. The molecule has 1 aromatic carbocycles. The van der Waals surface area contributed by atoms with Crippen molar-refractivity contribution in [2.75, 3.05) is 33.3 Å². The number of carbonyl (C=O) groups is 1. The lowest BCUT2D eigenvalue weighted by Gasteiger charge is -2.35. The van der Waals surface area contributed by atoms with Gasteiger partial charge in [-0.1, -0.05) is 35.5 Å². The Hall–Kier alpha value is -2.25. The standard InChI is InChI=1S/C17H22N4O3/c1-13-18-15(19-24-13)12-20-8-10-21(11-9-20)17(22)16(23-2)14-6-4-3-5-7-14/h3-7,16H,8-12H2,1-2H3/t16-/m0/s1. The summed E-state index contributed by atoms with van der Waals surface area (Å²) in [6.07, 6.45) is -0.544. The Morgan fingerprint density at radius 1 is 1.25 bits per heavy atom. The Morgan fingerprint density at radius 2 is 1.96 bits per heavy atom. The number of ether oxygens (including phenoxy) is 1. The zero-order chi connectivity index (χ0) is 16.9. The number of hydrogen-bond donors (Lipinski definition) is 0. The largest absolute Gasteiger partial charge is 0.367 e. The predicted molar refractivity (Wildman–Crippen MR) is 87.1 cm³/mol. The quantitative estimate of drug-likeness (QED) is 0.825. The van der Waals surface area contributed by atoms with Gasteiger partial charge in [-0.15, -0.1) is 0 Å². The number of aryl methyl sites for hydroxylation is 1. The van der Waals surface area contributed by atoms with Crippen LogP contribution in [0.3, 0.4) is 0 Å². The van der Waals surface area contributed by atoms with Crippen LogP contribution < -0.4 is 0 Å². The molecule has 7 heteroatoms. The van der Waals surface area contributed by atoms with E-state index < -0.39 is 6.10 Å². The first-order chi connectivity index (χ1) is 11.7. The van der Waals surface area contributed by atoms with Gasteiger partial charge in [0.25, 0.3) is 5.91 Å². The van der Waals surface area contributed by atoms with E-state index in [9.17, 15) is 4.79 Å². The average molecular weight is 330 g/mol. The summed E-state index contributed by atoms with van der Waals surface area (Å²) in [4.78, 5) is 21.0. The molecule has 0 bridgehead atoms. The van der Waals surface area contributed by atoms with Gasteiger partial charge in [-0.25, -0.2) is 0 Å². The maximum absolute atomic E-state index is 12.7. The fourth-order valence-electron chi connectivity index (χ4n) is 2.91. The minimum absolute atomic E-state index is 0.0127. The number of methoxy groups -OCH3 is 1. The highest BCUT2D eigenvalue weighted by atomic mass is 16.5. The molecule has 1 aliphatic rings. The maximum Gasteiger partial charge on any atom is 0.256 e. The van der Waals surface area contributed by atoms with Crippen molar-refractivity contribution < 1.29 is 14.1 Å². The lowest BCUT2D eigenvalue weighted by molar-refractivity contribution is -0.144. The van der Waals surface area contributed by atoms with Crippen LogP contribution in [-0.2, 0) is 16.1 Å². The maximum atomic E-state index is 12.7. The number of rotatable bonds is 5. The molecule has 0 N–H and O–H groups in total. The van der Waals surface area contributed by atoms with Crippen LogP contribution in [0.4, 0.5) is 0 Å². The van der Waals surface area contributed by atoms with Gasteiger partial charge >= 0.3 is 0 Å². The highest BCUT2D eigenvalue weighted by Crippen LogP contribution is 2.20. The highest BCUT2D eigenvalue weighted by Gasteiger charge is 2.28. The van der Waals surface area contributed by atoms with Gasteiger partial charge in [-0.3, -0.25) is 9.69 Å². The molecule has 128 valence electrons. The highest BCUT2D eigenvalue weighted by molar-refractivity contribution is 5.82. The molecule has 1 saturated heterocycles. The second-order valence-electron chi connectivity index (χ2n) is 5.86. The van der Waals surface area contributed by atoms with E-state index in [0.29, 0.717) is 31.3 Å². The van der Waals surface area contributed by atoms with E-state index in [-0.39, 0.29) is 5.91 Å². The molecule has 0 unspecified atom stereocenters. The average Bonchev–Trinajstić information content (AvgIpc) is 3.02. The summed E-state index contributed by atoms with van der Waals surface area (Å²) in [6, 6.07) is 9.60. The number of carbonyl (C=O) groups excluding carboxylic acids is 1. The van der Waals surface area contributed by atoms with Crippen molar-refractivity contribution in [3.63, 3.8) is 0 Å². The van der Waals surface area contributed by atoms with Crippen molar-refractivity contribution in [1.82, 2.24) is 19.9 Å². The molecule has 1 amide bonds. The Balaban J connectivity index is 1.56. The van der Waals surface area contributed by atoms with Crippen molar-refractivity contribution >= 4 is 5.91 Å². The van der Waals surface area contributed by atoms with Crippen LogP contribution in [0.5, 0.6) is 0 Å². The summed E-state index contributed by atoms with van der Waals surface area (Å²) in [5.74, 6) is 1.27. The number of hydrogen-bond acceptors (Lipinski definition) is 6. The molecule has 2 aromatic rings. The van der Waals surface area contributed by atoms with Gasteiger partial charge in [0.15, 0.2) is 11.9 Å². The second kappa shape index (κ2) is 7.55. The van der Waals surface area contributed by atoms with Gasteiger partial charge in [0.2, 0.25) is 5.89 Å². The molecule has 0 spiro atoms. The Bertz CT molecular complexity index is 665. The van der Waals surface area contributed by atoms with Gasteiger partial charge in [0.1, 0.15) is 0 Å². The number of nitrogens with zero attached hydrogens (tertiary/aromatic N) is 4. The molecule has 3 rings (SSSR count). The van der Waals surface area contributed by atoms with Crippen molar-refractivity contribution in [2.24, 2.45) is 0 Å². The third-order valence-corrected chi connectivity index (χ3v) is 4.18. The predicted octanol–water partition coefficient (Wildman–Crippen LogP) is 1.41. The summed E-state index contributed by atoms with van der Waals surface area (Å²) in [6.45, 7) is 5.33. The first-order valence-corrected chi connectivity index (χ1v) is 8.05. The number of amides is 1.